The van der Waals surface area contributed by atoms with Crippen molar-refractivity contribution in [1.29, 1.82) is 0 Å². The fourth-order valence-corrected chi connectivity index (χ4v) is 1.70. The minimum atomic E-state index is -1.13. The highest BCUT2D eigenvalue weighted by molar-refractivity contribution is 5.94. The number of carboxylic acid groups (broad SMARTS) is 1. The van der Waals surface area contributed by atoms with Crippen LogP contribution < -0.4 is 11.1 Å². The molecular formula is C14H20N2O3. The smallest absolute Gasteiger partial charge is 0.322 e. The zero-order chi connectivity index (χ0) is 14.4. The second-order valence-electron chi connectivity index (χ2n) is 4.95. The van der Waals surface area contributed by atoms with E-state index in [1.807, 2.05) is 18.2 Å². The van der Waals surface area contributed by atoms with Crippen LogP contribution >= 0.6 is 0 Å². The van der Waals surface area contributed by atoms with Crippen LogP contribution in [0.25, 0.3) is 0 Å². The van der Waals surface area contributed by atoms with E-state index in [4.69, 9.17) is 10.8 Å². The lowest BCUT2D eigenvalue weighted by molar-refractivity contribution is -0.138. The molecule has 104 valence electrons. The molecule has 5 nitrogen and oxygen atoms in total. The first-order chi connectivity index (χ1) is 8.90. The molecule has 0 saturated carbocycles. The van der Waals surface area contributed by atoms with Gasteiger partial charge in [0.15, 0.2) is 0 Å². The van der Waals surface area contributed by atoms with Gasteiger partial charge in [-0.3, -0.25) is 9.59 Å². The van der Waals surface area contributed by atoms with E-state index in [0.29, 0.717) is 11.5 Å². The number of carbonyl (C=O) groups excluding carboxylic acids is 1. The van der Waals surface area contributed by atoms with E-state index in [9.17, 15) is 9.59 Å². The number of benzene rings is 1. The van der Waals surface area contributed by atoms with Crippen LogP contribution in [0.1, 0.15) is 29.8 Å². The first-order valence-corrected chi connectivity index (χ1v) is 6.25. The molecule has 1 unspecified atom stereocenters. The molecule has 4 N–H and O–H groups in total. The second kappa shape index (κ2) is 6.89. The van der Waals surface area contributed by atoms with Gasteiger partial charge in [0.1, 0.15) is 6.04 Å². The van der Waals surface area contributed by atoms with Crippen molar-refractivity contribution in [2.75, 3.05) is 6.54 Å². The molecule has 1 aromatic rings. The minimum Gasteiger partial charge on any atom is -0.480 e. The molecule has 0 aliphatic carbocycles. The van der Waals surface area contributed by atoms with Gasteiger partial charge in [0, 0.05) is 12.1 Å². The van der Waals surface area contributed by atoms with Crippen molar-refractivity contribution in [2.45, 2.75) is 26.3 Å². The van der Waals surface area contributed by atoms with Gasteiger partial charge in [0.2, 0.25) is 0 Å². The van der Waals surface area contributed by atoms with E-state index >= 15 is 0 Å². The fraction of sp³-hybridized carbons (Fsp3) is 0.429. The predicted molar refractivity (Wildman–Crippen MR) is 72.9 cm³/mol. The molecule has 1 amide bonds. The third-order valence-corrected chi connectivity index (χ3v) is 2.63. The molecule has 0 aromatic heterocycles. The van der Waals surface area contributed by atoms with Crippen molar-refractivity contribution in [3.05, 3.63) is 35.4 Å². The highest BCUT2D eigenvalue weighted by Gasteiger charge is 2.13. The summed E-state index contributed by atoms with van der Waals surface area (Å²) in [5, 5.41) is 11.1. The molecule has 1 atom stereocenters. The Kier molecular flexibility index (Phi) is 5.51. The average Bonchev–Trinajstić information content (AvgIpc) is 2.34. The van der Waals surface area contributed by atoms with Gasteiger partial charge in [-0.25, -0.2) is 0 Å². The van der Waals surface area contributed by atoms with Crippen molar-refractivity contribution in [1.82, 2.24) is 5.32 Å². The molecule has 0 aliphatic heterocycles. The van der Waals surface area contributed by atoms with E-state index in [1.54, 1.807) is 6.07 Å². The lowest BCUT2D eigenvalue weighted by atomic mass is 10.0. The Balaban J connectivity index is 2.64. The van der Waals surface area contributed by atoms with Crippen molar-refractivity contribution >= 4 is 11.9 Å². The maximum absolute atomic E-state index is 11.9. The maximum atomic E-state index is 11.9. The number of hydrogen-bond acceptors (Lipinski definition) is 3. The normalized spacial score (nSPS) is 12.2. The van der Waals surface area contributed by atoms with Gasteiger partial charge in [-0.15, -0.1) is 0 Å². The van der Waals surface area contributed by atoms with Gasteiger partial charge in [-0.2, -0.15) is 0 Å². The summed E-state index contributed by atoms with van der Waals surface area (Å²) in [6.45, 7) is 4.14. The monoisotopic (exact) mass is 264 g/mol. The highest BCUT2D eigenvalue weighted by atomic mass is 16.4. The molecule has 0 heterocycles. The van der Waals surface area contributed by atoms with Crippen LogP contribution in [0.2, 0.25) is 0 Å². The summed E-state index contributed by atoms with van der Waals surface area (Å²) in [6, 6.07) is 6.24. The van der Waals surface area contributed by atoms with Crippen LogP contribution in [0, 0.1) is 5.92 Å². The largest absolute Gasteiger partial charge is 0.480 e. The molecule has 5 heteroatoms. The van der Waals surface area contributed by atoms with Gasteiger partial charge < -0.3 is 16.2 Å². The molecule has 0 radical (unpaired) electrons. The maximum Gasteiger partial charge on any atom is 0.322 e. The zero-order valence-corrected chi connectivity index (χ0v) is 11.2. The molecule has 19 heavy (non-hydrogen) atoms. The Morgan fingerprint density at radius 2 is 2.05 bits per heavy atom. The predicted octanol–water partition coefficient (Wildman–Crippen LogP) is 1.03. The first kappa shape index (κ1) is 15.2. The molecule has 0 bridgehead atoms. The lowest BCUT2D eigenvalue weighted by Gasteiger charge is -2.10. The van der Waals surface area contributed by atoms with Gasteiger partial charge in [-0.1, -0.05) is 26.0 Å². The number of rotatable bonds is 6. The van der Waals surface area contributed by atoms with E-state index in [2.05, 4.69) is 19.2 Å². The van der Waals surface area contributed by atoms with Crippen LogP contribution in [0.5, 0.6) is 0 Å². The van der Waals surface area contributed by atoms with Gasteiger partial charge in [0.05, 0.1) is 0 Å². The average molecular weight is 264 g/mol. The summed E-state index contributed by atoms with van der Waals surface area (Å²) in [5.41, 5.74) is 6.94. The standard InChI is InChI=1S/C14H20N2O3/c1-9(2)6-10-4-3-5-11(7-10)13(17)16-8-12(15)14(18)19/h3-5,7,9,12H,6,8,15H2,1-2H3,(H,16,17)(H,18,19). The number of carboxylic acids is 1. The van der Waals surface area contributed by atoms with Gasteiger partial charge in [0.25, 0.3) is 5.91 Å². The molecule has 1 aromatic carbocycles. The summed E-state index contributed by atoms with van der Waals surface area (Å²) >= 11 is 0. The Hall–Kier alpha value is -1.88. The number of nitrogens with one attached hydrogen (secondary N) is 1. The fourth-order valence-electron chi connectivity index (χ4n) is 1.70. The summed E-state index contributed by atoms with van der Waals surface area (Å²) in [7, 11) is 0. The summed E-state index contributed by atoms with van der Waals surface area (Å²) in [5.74, 6) is -0.921. The van der Waals surface area contributed by atoms with Crippen LogP contribution in [0.3, 0.4) is 0 Å². The van der Waals surface area contributed by atoms with E-state index in [0.717, 1.165) is 12.0 Å². The molecule has 0 aliphatic rings. The number of carbonyl (C=O) groups is 2. The molecular weight excluding hydrogens is 244 g/mol. The van der Waals surface area contributed by atoms with Gasteiger partial charge >= 0.3 is 5.97 Å². The molecule has 0 spiro atoms. The Labute approximate surface area is 112 Å². The van der Waals surface area contributed by atoms with Crippen LogP contribution in [-0.2, 0) is 11.2 Å². The number of nitrogens with two attached hydrogens (primary N) is 1. The quantitative estimate of drug-likeness (QED) is 0.715. The summed E-state index contributed by atoms with van der Waals surface area (Å²) in [4.78, 5) is 22.4. The van der Waals surface area contributed by atoms with E-state index in [1.165, 1.54) is 0 Å². The van der Waals surface area contributed by atoms with Crippen molar-refractivity contribution in [3.63, 3.8) is 0 Å². The first-order valence-electron chi connectivity index (χ1n) is 6.25. The van der Waals surface area contributed by atoms with E-state index in [-0.39, 0.29) is 12.5 Å². The number of aliphatic carboxylic acids is 1. The van der Waals surface area contributed by atoms with E-state index < -0.39 is 12.0 Å². The zero-order valence-electron chi connectivity index (χ0n) is 11.2. The van der Waals surface area contributed by atoms with Crippen molar-refractivity contribution in [2.24, 2.45) is 11.7 Å². The SMILES string of the molecule is CC(C)Cc1cccc(C(=O)NCC(N)C(=O)O)c1. The summed E-state index contributed by atoms with van der Waals surface area (Å²) in [6.07, 6.45) is 0.899. The second-order valence-corrected chi connectivity index (χ2v) is 4.95. The number of amides is 1. The Bertz CT molecular complexity index is 458. The van der Waals surface area contributed by atoms with Crippen LogP contribution in [-0.4, -0.2) is 29.6 Å². The van der Waals surface area contributed by atoms with Crippen LogP contribution in [0.4, 0.5) is 0 Å². The Morgan fingerprint density at radius 3 is 2.63 bits per heavy atom. The van der Waals surface area contributed by atoms with Crippen LogP contribution in [0.15, 0.2) is 24.3 Å². The lowest BCUT2D eigenvalue weighted by Crippen LogP contribution is -2.42. The summed E-state index contributed by atoms with van der Waals surface area (Å²) < 4.78 is 0. The molecule has 0 fully saturated rings. The third-order valence-electron chi connectivity index (χ3n) is 2.63. The third kappa shape index (κ3) is 5.09. The number of hydrogen-bond donors (Lipinski definition) is 3. The minimum absolute atomic E-state index is 0.0808. The molecule has 0 saturated heterocycles. The van der Waals surface area contributed by atoms with Crippen molar-refractivity contribution < 1.29 is 14.7 Å². The molecule has 1 rings (SSSR count). The van der Waals surface area contributed by atoms with Crippen molar-refractivity contribution in [3.8, 4) is 0 Å². The highest BCUT2D eigenvalue weighted by Crippen LogP contribution is 2.10. The topological polar surface area (TPSA) is 92.4 Å². The van der Waals surface area contributed by atoms with Gasteiger partial charge in [-0.05, 0) is 30.0 Å². The Morgan fingerprint density at radius 1 is 1.37 bits per heavy atom.